The minimum Gasteiger partial charge on any atom is -0.350 e. The lowest BCUT2D eigenvalue weighted by molar-refractivity contribution is -0.117. The summed E-state index contributed by atoms with van der Waals surface area (Å²) in [6, 6.07) is 7.10. The van der Waals surface area contributed by atoms with E-state index >= 15 is 0 Å². The predicted octanol–water partition coefficient (Wildman–Crippen LogP) is 1.37. The first-order valence-corrected chi connectivity index (χ1v) is 6.96. The third kappa shape index (κ3) is 4.06. The molecule has 0 unspecified atom stereocenters. The van der Waals surface area contributed by atoms with Gasteiger partial charge in [-0.15, -0.1) is 0 Å². The van der Waals surface area contributed by atoms with Gasteiger partial charge in [-0.25, -0.2) is 0 Å². The first kappa shape index (κ1) is 14.5. The van der Waals surface area contributed by atoms with E-state index in [1.807, 2.05) is 13.8 Å². The summed E-state index contributed by atoms with van der Waals surface area (Å²) in [5, 5.41) is 8.81. The summed E-state index contributed by atoms with van der Waals surface area (Å²) < 4.78 is 0. The van der Waals surface area contributed by atoms with Gasteiger partial charge in [0.25, 0.3) is 5.91 Å². The molecule has 0 radical (unpaired) electrons. The molecule has 1 aromatic rings. The summed E-state index contributed by atoms with van der Waals surface area (Å²) in [5.41, 5.74) is 1.22. The zero-order valence-electron chi connectivity index (χ0n) is 11.9. The Hall–Kier alpha value is -1.88. The van der Waals surface area contributed by atoms with Crippen molar-refractivity contribution in [1.29, 1.82) is 0 Å². The Labute approximate surface area is 119 Å². The zero-order chi connectivity index (χ0) is 14.5. The van der Waals surface area contributed by atoms with Gasteiger partial charge in [0.1, 0.15) is 0 Å². The van der Waals surface area contributed by atoms with E-state index in [0.717, 1.165) is 13.1 Å². The summed E-state index contributed by atoms with van der Waals surface area (Å²) in [7, 11) is 0. The highest BCUT2D eigenvalue weighted by Crippen LogP contribution is 2.14. The minimum absolute atomic E-state index is 0.00193. The summed E-state index contributed by atoms with van der Waals surface area (Å²) in [4.78, 5) is 23.7. The second kappa shape index (κ2) is 6.52. The molecule has 20 heavy (non-hydrogen) atoms. The van der Waals surface area contributed by atoms with E-state index in [-0.39, 0.29) is 17.9 Å². The summed E-state index contributed by atoms with van der Waals surface area (Å²) in [6.45, 7) is 5.64. The van der Waals surface area contributed by atoms with Gasteiger partial charge in [-0.05, 0) is 51.1 Å². The molecule has 0 aliphatic carbocycles. The molecule has 0 atom stereocenters. The topological polar surface area (TPSA) is 70.2 Å². The maximum atomic E-state index is 11.9. The number of nitrogens with one attached hydrogen (secondary N) is 3. The van der Waals surface area contributed by atoms with Crippen molar-refractivity contribution >= 4 is 17.5 Å². The molecule has 0 bridgehead atoms. The van der Waals surface area contributed by atoms with Crippen molar-refractivity contribution in [1.82, 2.24) is 10.6 Å². The monoisotopic (exact) mass is 275 g/mol. The van der Waals surface area contributed by atoms with Crippen molar-refractivity contribution in [2.75, 3.05) is 18.4 Å². The largest absolute Gasteiger partial charge is 0.350 e. The van der Waals surface area contributed by atoms with Crippen LogP contribution in [0.25, 0.3) is 0 Å². The highest BCUT2D eigenvalue weighted by molar-refractivity contribution is 5.97. The molecular formula is C15H21N3O2. The molecule has 0 aromatic heterocycles. The van der Waals surface area contributed by atoms with Crippen LogP contribution in [-0.2, 0) is 4.79 Å². The van der Waals surface area contributed by atoms with Crippen LogP contribution in [0.4, 0.5) is 5.69 Å². The Morgan fingerprint density at radius 3 is 2.70 bits per heavy atom. The average molecular weight is 275 g/mol. The average Bonchev–Trinajstić information content (AvgIpc) is 2.33. The molecule has 1 aliphatic heterocycles. The van der Waals surface area contributed by atoms with Crippen molar-refractivity contribution in [3.63, 3.8) is 0 Å². The Morgan fingerprint density at radius 1 is 1.35 bits per heavy atom. The summed E-state index contributed by atoms with van der Waals surface area (Å²) >= 11 is 0. The van der Waals surface area contributed by atoms with Crippen LogP contribution in [0.1, 0.15) is 30.6 Å². The number of anilines is 1. The molecule has 5 nitrogen and oxygen atoms in total. The molecule has 3 N–H and O–H groups in total. The van der Waals surface area contributed by atoms with Gasteiger partial charge < -0.3 is 16.0 Å². The molecule has 0 saturated carbocycles. The molecule has 2 rings (SSSR count). The van der Waals surface area contributed by atoms with Crippen molar-refractivity contribution in [2.45, 2.75) is 26.3 Å². The first-order chi connectivity index (χ1) is 9.54. The quantitative estimate of drug-likeness (QED) is 0.760. The van der Waals surface area contributed by atoms with Gasteiger partial charge >= 0.3 is 0 Å². The highest BCUT2D eigenvalue weighted by atomic mass is 16.2. The van der Waals surface area contributed by atoms with E-state index in [2.05, 4.69) is 16.0 Å². The smallest absolute Gasteiger partial charge is 0.251 e. The number of amides is 2. The van der Waals surface area contributed by atoms with Crippen molar-refractivity contribution in [3.8, 4) is 0 Å². The van der Waals surface area contributed by atoms with Crippen molar-refractivity contribution in [2.24, 2.45) is 5.92 Å². The lowest BCUT2D eigenvalue weighted by atomic mass is 9.99. The second-order valence-electron chi connectivity index (χ2n) is 5.49. The molecule has 2 amide bonds. The maximum absolute atomic E-state index is 11.9. The third-order valence-electron chi connectivity index (χ3n) is 3.17. The highest BCUT2D eigenvalue weighted by Gasteiger charge is 2.20. The van der Waals surface area contributed by atoms with Gasteiger partial charge in [0, 0.05) is 23.7 Å². The molecular weight excluding hydrogens is 254 g/mol. The number of hydrogen-bond acceptors (Lipinski definition) is 3. The molecule has 1 saturated heterocycles. The van der Waals surface area contributed by atoms with Crippen LogP contribution in [-0.4, -0.2) is 30.9 Å². The zero-order valence-corrected chi connectivity index (χ0v) is 11.9. The molecule has 1 aliphatic rings. The second-order valence-corrected chi connectivity index (χ2v) is 5.49. The van der Waals surface area contributed by atoms with E-state index in [0.29, 0.717) is 23.6 Å². The van der Waals surface area contributed by atoms with Gasteiger partial charge in [-0.2, -0.15) is 0 Å². The van der Waals surface area contributed by atoms with Gasteiger partial charge in [0.15, 0.2) is 0 Å². The minimum atomic E-state index is -0.126. The Morgan fingerprint density at radius 2 is 2.10 bits per heavy atom. The molecule has 0 spiro atoms. The Bertz CT molecular complexity index is 496. The van der Waals surface area contributed by atoms with E-state index in [9.17, 15) is 9.59 Å². The van der Waals surface area contributed by atoms with Gasteiger partial charge in [0.05, 0.1) is 0 Å². The molecule has 1 heterocycles. The fourth-order valence-corrected chi connectivity index (χ4v) is 2.05. The lowest BCUT2D eigenvalue weighted by Crippen LogP contribution is -2.43. The Balaban J connectivity index is 1.94. The van der Waals surface area contributed by atoms with E-state index in [1.165, 1.54) is 0 Å². The number of carbonyl (C=O) groups is 2. The molecule has 5 heteroatoms. The number of benzene rings is 1. The number of carbonyl (C=O) groups excluding carboxylic acids is 2. The molecule has 1 aromatic carbocycles. The van der Waals surface area contributed by atoms with Crippen LogP contribution in [0.3, 0.4) is 0 Å². The summed E-state index contributed by atoms with van der Waals surface area (Å²) in [5.74, 6) is 0.305. The first-order valence-electron chi connectivity index (χ1n) is 6.96. The van der Waals surface area contributed by atoms with Gasteiger partial charge in [-0.1, -0.05) is 6.07 Å². The van der Waals surface area contributed by atoms with Gasteiger partial charge in [-0.3, -0.25) is 9.59 Å². The van der Waals surface area contributed by atoms with Crippen LogP contribution in [0.2, 0.25) is 0 Å². The standard InChI is InChI=1S/C15H21N3O2/c1-10(2)17-15(20)12-4-3-5-13(7-12)18-14(19)6-11-8-16-9-11/h3-5,7,10-11,16H,6,8-9H2,1-2H3,(H,17,20)(H,18,19). The van der Waals surface area contributed by atoms with Crippen LogP contribution in [0, 0.1) is 5.92 Å². The van der Waals surface area contributed by atoms with E-state index in [4.69, 9.17) is 0 Å². The number of hydrogen-bond donors (Lipinski definition) is 3. The molecule has 108 valence electrons. The predicted molar refractivity (Wildman–Crippen MR) is 78.7 cm³/mol. The Kier molecular flexibility index (Phi) is 4.74. The fraction of sp³-hybridized carbons (Fsp3) is 0.467. The van der Waals surface area contributed by atoms with Crippen LogP contribution in [0.5, 0.6) is 0 Å². The normalized spacial score (nSPS) is 14.8. The lowest BCUT2D eigenvalue weighted by Gasteiger charge is -2.26. The van der Waals surface area contributed by atoms with E-state index in [1.54, 1.807) is 24.3 Å². The third-order valence-corrected chi connectivity index (χ3v) is 3.17. The van der Waals surface area contributed by atoms with Crippen LogP contribution in [0.15, 0.2) is 24.3 Å². The van der Waals surface area contributed by atoms with Gasteiger partial charge in [0.2, 0.25) is 5.91 Å². The van der Waals surface area contributed by atoms with E-state index < -0.39 is 0 Å². The van der Waals surface area contributed by atoms with Crippen molar-refractivity contribution in [3.05, 3.63) is 29.8 Å². The number of rotatable bonds is 5. The molecule has 1 fully saturated rings. The fourth-order valence-electron chi connectivity index (χ4n) is 2.05. The van der Waals surface area contributed by atoms with Crippen LogP contribution < -0.4 is 16.0 Å². The summed E-state index contributed by atoms with van der Waals surface area (Å²) in [6.07, 6.45) is 0.523. The van der Waals surface area contributed by atoms with Crippen LogP contribution >= 0.6 is 0 Å². The van der Waals surface area contributed by atoms with Crippen molar-refractivity contribution < 1.29 is 9.59 Å². The SMILES string of the molecule is CC(C)NC(=O)c1cccc(NC(=O)CC2CNC2)c1. The maximum Gasteiger partial charge on any atom is 0.251 e.